The first-order valence-corrected chi connectivity index (χ1v) is 9.29. The maximum atomic E-state index is 9.10. The SMILES string of the molecule is CC1CCN(C/C=C2\CCCc3sccc32)CC1.O=C(O)C(=O)O. The van der Waals surface area contributed by atoms with Gasteiger partial charge in [-0.05, 0) is 73.7 Å². The van der Waals surface area contributed by atoms with Gasteiger partial charge in [0.2, 0.25) is 0 Å². The summed E-state index contributed by atoms with van der Waals surface area (Å²) < 4.78 is 0. The molecule has 0 atom stereocenters. The van der Waals surface area contributed by atoms with E-state index in [1.54, 1.807) is 16.0 Å². The minimum Gasteiger partial charge on any atom is -0.473 e. The van der Waals surface area contributed by atoms with Crippen molar-refractivity contribution in [2.45, 2.75) is 39.0 Å². The van der Waals surface area contributed by atoms with Crippen molar-refractivity contribution in [3.05, 3.63) is 28.0 Å². The Balaban J connectivity index is 0.000000301. The van der Waals surface area contributed by atoms with Crippen LogP contribution in [0.25, 0.3) is 5.57 Å². The Hall–Kier alpha value is -1.66. The highest BCUT2D eigenvalue weighted by atomic mass is 32.1. The first-order chi connectivity index (χ1) is 11.5. The Morgan fingerprint density at radius 3 is 2.54 bits per heavy atom. The van der Waals surface area contributed by atoms with Gasteiger partial charge < -0.3 is 10.2 Å². The van der Waals surface area contributed by atoms with Gasteiger partial charge in [0, 0.05) is 11.4 Å². The third kappa shape index (κ3) is 5.46. The number of aliphatic carboxylic acids is 2. The molecule has 2 heterocycles. The standard InChI is InChI=1S/C16H23NS.C2H2O4/c1-13-5-9-17(10-6-13)11-7-14-3-2-4-16-15(14)8-12-18-16;3-1(4)2(5)6/h7-8,12-13H,2-6,9-11H2,1H3;(H,3,4)(H,5,6)/b14-7+;. The quantitative estimate of drug-likeness (QED) is 0.799. The van der Waals surface area contributed by atoms with Gasteiger partial charge in [0.1, 0.15) is 0 Å². The summed E-state index contributed by atoms with van der Waals surface area (Å²) in [6, 6.07) is 2.32. The van der Waals surface area contributed by atoms with Crippen LogP contribution in [0.15, 0.2) is 17.5 Å². The molecule has 1 saturated heterocycles. The van der Waals surface area contributed by atoms with Crippen LogP contribution >= 0.6 is 11.3 Å². The highest BCUT2D eigenvalue weighted by Gasteiger charge is 2.17. The summed E-state index contributed by atoms with van der Waals surface area (Å²) in [6.07, 6.45) is 9.19. The van der Waals surface area contributed by atoms with Crippen LogP contribution in [0.1, 0.15) is 43.0 Å². The van der Waals surface area contributed by atoms with Gasteiger partial charge in [-0.2, -0.15) is 0 Å². The highest BCUT2D eigenvalue weighted by molar-refractivity contribution is 7.10. The molecule has 3 rings (SSSR count). The second kappa shape index (κ2) is 8.99. The molecule has 2 aliphatic rings. The number of piperidine rings is 1. The van der Waals surface area contributed by atoms with Crippen LogP contribution in [-0.4, -0.2) is 46.7 Å². The molecule has 0 aromatic carbocycles. The fraction of sp³-hybridized carbons (Fsp3) is 0.556. The average molecular weight is 351 g/mol. The first-order valence-electron chi connectivity index (χ1n) is 8.41. The molecule has 132 valence electrons. The van der Waals surface area contributed by atoms with E-state index in [2.05, 4.69) is 29.3 Å². The lowest BCUT2D eigenvalue weighted by Crippen LogP contribution is -2.33. The number of hydrogen-bond donors (Lipinski definition) is 2. The molecule has 0 radical (unpaired) electrons. The second-order valence-corrected chi connectivity index (χ2v) is 7.43. The van der Waals surface area contributed by atoms with Gasteiger partial charge in [0.25, 0.3) is 0 Å². The molecule has 0 unspecified atom stereocenters. The van der Waals surface area contributed by atoms with Crippen molar-refractivity contribution in [1.29, 1.82) is 0 Å². The lowest BCUT2D eigenvalue weighted by atomic mass is 9.93. The second-order valence-electron chi connectivity index (χ2n) is 6.43. The summed E-state index contributed by atoms with van der Waals surface area (Å²) in [6.45, 7) is 6.13. The minimum absolute atomic E-state index is 0.937. The van der Waals surface area contributed by atoms with Crippen molar-refractivity contribution in [2.24, 2.45) is 5.92 Å². The van der Waals surface area contributed by atoms with Crippen molar-refractivity contribution in [2.75, 3.05) is 19.6 Å². The fourth-order valence-electron chi connectivity index (χ4n) is 3.09. The number of carboxylic acids is 2. The molecule has 0 spiro atoms. The predicted octanol–water partition coefficient (Wildman–Crippen LogP) is 3.36. The number of allylic oxidation sites excluding steroid dienone is 1. The maximum absolute atomic E-state index is 9.10. The van der Waals surface area contributed by atoms with E-state index in [4.69, 9.17) is 19.8 Å². The molecule has 6 heteroatoms. The van der Waals surface area contributed by atoms with Gasteiger partial charge >= 0.3 is 11.9 Å². The van der Waals surface area contributed by atoms with E-state index in [0.29, 0.717) is 0 Å². The van der Waals surface area contributed by atoms with Gasteiger partial charge in [0.15, 0.2) is 0 Å². The molecule has 1 fully saturated rings. The molecular formula is C18H25NO4S. The number of fused-ring (bicyclic) bond motifs is 1. The van der Waals surface area contributed by atoms with Gasteiger partial charge in [0.05, 0.1) is 0 Å². The van der Waals surface area contributed by atoms with Gasteiger partial charge in [-0.3, -0.25) is 4.90 Å². The third-order valence-corrected chi connectivity index (χ3v) is 5.58. The maximum Gasteiger partial charge on any atom is 0.414 e. The highest BCUT2D eigenvalue weighted by Crippen LogP contribution is 2.34. The Morgan fingerprint density at radius 1 is 1.25 bits per heavy atom. The number of aryl methyl sites for hydroxylation is 1. The lowest BCUT2D eigenvalue weighted by molar-refractivity contribution is -0.159. The number of carbonyl (C=O) groups is 2. The number of hydrogen-bond acceptors (Lipinski definition) is 4. The van der Waals surface area contributed by atoms with E-state index in [9.17, 15) is 0 Å². The minimum atomic E-state index is -1.82. The summed E-state index contributed by atoms with van der Waals surface area (Å²) in [5.74, 6) is -2.71. The molecular weight excluding hydrogens is 326 g/mol. The van der Waals surface area contributed by atoms with E-state index < -0.39 is 11.9 Å². The van der Waals surface area contributed by atoms with Crippen molar-refractivity contribution in [1.82, 2.24) is 4.90 Å². The molecule has 1 aromatic heterocycles. The lowest BCUT2D eigenvalue weighted by Gasteiger charge is -2.29. The Morgan fingerprint density at radius 2 is 1.92 bits per heavy atom. The smallest absolute Gasteiger partial charge is 0.414 e. The summed E-state index contributed by atoms with van der Waals surface area (Å²) in [4.78, 5) is 22.4. The Kier molecular flexibility index (Phi) is 6.99. The largest absolute Gasteiger partial charge is 0.473 e. The van der Waals surface area contributed by atoms with Crippen LogP contribution in [0, 0.1) is 5.92 Å². The number of rotatable bonds is 2. The zero-order chi connectivity index (χ0) is 17.5. The molecule has 24 heavy (non-hydrogen) atoms. The molecule has 0 saturated carbocycles. The Labute approximate surface area is 146 Å². The van der Waals surface area contributed by atoms with Crippen LogP contribution in [-0.2, 0) is 16.0 Å². The van der Waals surface area contributed by atoms with E-state index in [1.165, 1.54) is 45.2 Å². The summed E-state index contributed by atoms with van der Waals surface area (Å²) >= 11 is 1.94. The predicted molar refractivity (Wildman–Crippen MR) is 95.3 cm³/mol. The van der Waals surface area contributed by atoms with Crippen molar-refractivity contribution < 1.29 is 19.8 Å². The summed E-state index contributed by atoms with van der Waals surface area (Å²) in [5, 5.41) is 17.0. The van der Waals surface area contributed by atoms with Crippen molar-refractivity contribution >= 4 is 28.8 Å². The molecule has 1 aliphatic carbocycles. The number of carboxylic acid groups (broad SMARTS) is 2. The van der Waals surface area contributed by atoms with Gasteiger partial charge in [-0.15, -0.1) is 11.3 Å². The van der Waals surface area contributed by atoms with E-state index in [1.807, 2.05) is 11.3 Å². The fourth-order valence-corrected chi connectivity index (χ4v) is 4.05. The van der Waals surface area contributed by atoms with Crippen LogP contribution < -0.4 is 0 Å². The van der Waals surface area contributed by atoms with Crippen LogP contribution in [0.2, 0.25) is 0 Å². The molecule has 5 nitrogen and oxygen atoms in total. The van der Waals surface area contributed by atoms with Crippen LogP contribution in [0.3, 0.4) is 0 Å². The molecule has 0 bridgehead atoms. The molecule has 1 aliphatic heterocycles. The summed E-state index contributed by atoms with van der Waals surface area (Å²) in [7, 11) is 0. The van der Waals surface area contributed by atoms with Gasteiger partial charge in [-0.1, -0.05) is 13.0 Å². The zero-order valence-corrected chi connectivity index (χ0v) is 14.8. The number of likely N-dealkylation sites (tertiary alicyclic amines) is 1. The number of thiophene rings is 1. The summed E-state index contributed by atoms with van der Waals surface area (Å²) in [5.41, 5.74) is 3.16. The number of nitrogens with zero attached hydrogens (tertiary/aromatic N) is 1. The normalized spacial score (nSPS) is 20.1. The average Bonchev–Trinajstić information content (AvgIpc) is 3.04. The monoisotopic (exact) mass is 351 g/mol. The van der Waals surface area contributed by atoms with Crippen molar-refractivity contribution in [3.8, 4) is 0 Å². The molecule has 2 N–H and O–H groups in total. The Bertz CT molecular complexity index is 588. The van der Waals surface area contributed by atoms with Crippen LogP contribution in [0.5, 0.6) is 0 Å². The molecule has 0 amide bonds. The van der Waals surface area contributed by atoms with E-state index >= 15 is 0 Å². The zero-order valence-electron chi connectivity index (χ0n) is 14.0. The van der Waals surface area contributed by atoms with Crippen molar-refractivity contribution in [3.63, 3.8) is 0 Å². The van der Waals surface area contributed by atoms with Gasteiger partial charge in [-0.25, -0.2) is 9.59 Å². The van der Waals surface area contributed by atoms with Crippen LogP contribution in [0.4, 0.5) is 0 Å². The third-order valence-electron chi connectivity index (χ3n) is 4.60. The van der Waals surface area contributed by atoms with E-state index in [-0.39, 0.29) is 0 Å². The van der Waals surface area contributed by atoms with E-state index in [0.717, 1.165) is 12.5 Å². The first kappa shape index (κ1) is 18.7. The molecule has 1 aromatic rings. The topological polar surface area (TPSA) is 77.8 Å².